The number of nitrogens with zero attached hydrogens (tertiary/aromatic N) is 2. The van der Waals surface area contributed by atoms with E-state index in [9.17, 15) is 18.0 Å². The van der Waals surface area contributed by atoms with Crippen molar-refractivity contribution in [3.63, 3.8) is 0 Å². The summed E-state index contributed by atoms with van der Waals surface area (Å²) in [5, 5.41) is 0. The first-order valence-corrected chi connectivity index (χ1v) is 12.0. The molecule has 0 radical (unpaired) electrons. The number of hydrogen-bond acceptors (Lipinski definition) is 6. The van der Waals surface area contributed by atoms with E-state index in [1.165, 1.54) is 16.3 Å². The molecule has 0 spiro atoms. The maximum atomic E-state index is 13.6. The Morgan fingerprint density at radius 1 is 1.18 bits per heavy atom. The summed E-state index contributed by atoms with van der Waals surface area (Å²) >= 11 is 0. The molecule has 2 amide bonds. The minimum atomic E-state index is -3.95. The molecule has 33 heavy (non-hydrogen) atoms. The third-order valence-corrected chi connectivity index (χ3v) is 7.51. The molecule has 0 saturated carbocycles. The normalized spacial score (nSPS) is 16.3. The first-order chi connectivity index (χ1) is 15.6. The number of benzene rings is 2. The van der Waals surface area contributed by atoms with Gasteiger partial charge in [-0.1, -0.05) is 17.7 Å². The Bertz CT molecular complexity index is 1120. The van der Waals surface area contributed by atoms with Gasteiger partial charge in [-0.2, -0.15) is 0 Å². The van der Waals surface area contributed by atoms with Crippen LogP contribution in [0.1, 0.15) is 17.5 Å². The van der Waals surface area contributed by atoms with E-state index in [-0.39, 0.29) is 36.9 Å². The molecule has 2 aromatic carbocycles. The Balaban J connectivity index is 1.87. The predicted octanol–water partition coefficient (Wildman–Crippen LogP) is 1.61. The third-order valence-electron chi connectivity index (χ3n) is 5.52. The number of sulfonamides is 1. The number of morpholine rings is 1. The molecule has 1 unspecified atom stereocenters. The summed E-state index contributed by atoms with van der Waals surface area (Å²) in [4.78, 5) is 25.9. The Labute approximate surface area is 194 Å². The standard InChI is InChI=1S/C23H29N3O6S/c1-16-4-9-21(17(2)14-16)33(29,30)26(18-5-7-19(31-3)8-6-18)11-10-22(27)25-12-13-32-20(15-25)23(24)28/h4-9,14,20H,10-13,15H2,1-3H3,(H2,24,28). The lowest BCUT2D eigenvalue weighted by Gasteiger charge is -2.32. The number of carbonyl (C=O) groups is 2. The van der Waals surface area contributed by atoms with E-state index < -0.39 is 22.0 Å². The summed E-state index contributed by atoms with van der Waals surface area (Å²) in [7, 11) is -2.42. The van der Waals surface area contributed by atoms with E-state index in [0.29, 0.717) is 23.5 Å². The number of anilines is 1. The fourth-order valence-electron chi connectivity index (χ4n) is 3.75. The van der Waals surface area contributed by atoms with Crippen LogP contribution in [0.2, 0.25) is 0 Å². The summed E-state index contributed by atoms with van der Waals surface area (Å²) in [5.74, 6) is -0.326. The maximum Gasteiger partial charge on any atom is 0.264 e. The number of nitrogens with two attached hydrogens (primary N) is 1. The van der Waals surface area contributed by atoms with Crippen molar-refractivity contribution in [3.8, 4) is 5.75 Å². The quantitative estimate of drug-likeness (QED) is 0.620. The number of aryl methyl sites for hydroxylation is 2. The predicted molar refractivity (Wildman–Crippen MR) is 124 cm³/mol. The second-order valence-electron chi connectivity index (χ2n) is 7.90. The van der Waals surface area contributed by atoms with E-state index in [4.69, 9.17) is 15.2 Å². The van der Waals surface area contributed by atoms with Gasteiger partial charge >= 0.3 is 0 Å². The molecule has 0 aromatic heterocycles. The van der Waals surface area contributed by atoms with E-state index >= 15 is 0 Å². The van der Waals surface area contributed by atoms with Gasteiger partial charge in [0.1, 0.15) is 5.75 Å². The first kappa shape index (κ1) is 24.5. The lowest BCUT2D eigenvalue weighted by atomic mass is 10.2. The van der Waals surface area contributed by atoms with Crippen molar-refractivity contribution in [1.82, 2.24) is 4.90 Å². The summed E-state index contributed by atoms with van der Waals surface area (Å²) in [6.45, 7) is 4.14. The van der Waals surface area contributed by atoms with Gasteiger partial charge < -0.3 is 20.1 Å². The molecule has 2 aromatic rings. The molecule has 1 aliphatic heterocycles. The molecule has 9 nitrogen and oxygen atoms in total. The van der Waals surface area contributed by atoms with Crippen LogP contribution >= 0.6 is 0 Å². The lowest BCUT2D eigenvalue weighted by molar-refractivity contribution is -0.145. The molecular weight excluding hydrogens is 446 g/mol. The Kier molecular flexibility index (Phi) is 7.60. The van der Waals surface area contributed by atoms with Crippen molar-refractivity contribution < 1.29 is 27.5 Å². The van der Waals surface area contributed by atoms with Crippen molar-refractivity contribution in [2.24, 2.45) is 5.73 Å². The highest BCUT2D eigenvalue weighted by atomic mass is 32.2. The van der Waals surface area contributed by atoms with Gasteiger partial charge in [0.15, 0.2) is 6.10 Å². The van der Waals surface area contributed by atoms with Crippen molar-refractivity contribution in [2.75, 3.05) is 37.7 Å². The molecule has 1 atom stereocenters. The topological polar surface area (TPSA) is 119 Å². The van der Waals surface area contributed by atoms with Gasteiger partial charge in [-0.25, -0.2) is 8.42 Å². The Morgan fingerprint density at radius 2 is 1.88 bits per heavy atom. The summed E-state index contributed by atoms with van der Waals surface area (Å²) in [6.07, 6.45) is -0.930. The molecule has 1 heterocycles. The zero-order valence-corrected chi connectivity index (χ0v) is 19.8. The number of carbonyl (C=O) groups excluding carboxylic acids is 2. The van der Waals surface area contributed by atoms with Crippen LogP contribution in [0.3, 0.4) is 0 Å². The summed E-state index contributed by atoms with van der Waals surface area (Å²) in [5.41, 5.74) is 7.29. The number of amides is 2. The van der Waals surface area contributed by atoms with Crippen molar-refractivity contribution in [3.05, 3.63) is 53.6 Å². The van der Waals surface area contributed by atoms with Crippen LogP contribution in [-0.4, -0.2) is 64.6 Å². The van der Waals surface area contributed by atoms with Gasteiger partial charge in [-0.05, 0) is 49.7 Å². The van der Waals surface area contributed by atoms with E-state index in [0.717, 1.165) is 5.56 Å². The number of rotatable bonds is 8. The van der Waals surface area contributed by atoms with Crippen LogP contribution < -0.4 is 14.8 Å². The number of methoxy groups -OCH3 is 1. The molecule has 0 bridgehead atoms. The number of ether oxygens (including phenoxy) is 2. The van der Waals surface area contributed by atoms with E-state index in [1.807, 2.05) is 13.0 Å². The number of hydrogen-bond donors (Lipinski definition) is 1. The molecule has 0 aliphatic carbocycles. The maximum absolute atomic E-state index is 13.6. The summed E-state index contributed by atoms with van der Waals surface area (Å²) in [6, 6.07) is 11.8. The van der Waals surface area contributed by atoms with E-state index in [1.54, 1.807) is 43.3 Å². The van der Waals surface area contributed by atoms with E-state index in [2.05, 4.69) is 0 Å². The SMILES string of the molecule is COc1ccc(N(CCC(=O)N2CCOC(C(N)=O)C2)S(=O)(=O)c2ccc(C)cc2C)cc1. The minimum absolute atomic E-state index is 0.0561. The van der Waals surface area contributed by atoms with Gasteiger partial charge in [-0.3, -0.25) is 13.9 Å². The average molecular weight is 476 g/mol. The van der Waals surface area contributed by atoms with Gasteiger partial charge in [0.2, 0.25) is 11.8 Å². The van der Waals surface area contributed by atoms with Crippen LogP contribution in [0.25, 0.3) is 0 Å². The highest BCUT2D eigenvalue weighted by Crippen LogP contribution is 2.28. The molecule has 178 valence electrons. The monoisotopic (exact) mass is 475 g/mol. The van der Waals surface area contributed by atoms with Crippen LogP contribution in [0, 0.1) is 13.8 Å². The molecular formula is C23H29N3O6S. The minimum Gasteiger partial charge on any atom is -0.497 e. The molecule has 2 N–H and O–H groups in total. The largest absolute Gasteiger partial charge is 0.497 e. The van der Waals surface area contributed by atoms with Crippen molar-refractivity contribution >= 4 is 27.5 Å². The molecule has 1 fully saturated rings. The second kappa shape index (κ2) is 10.2. The smallest absolute Gasteiger partial charge is 0.264 e. The Morgan fingerprint density at radius 3 is 2.48 bits per heavy atom. The molecule has 1 saturated heterocycles. The molecule has 1 aliphatic rings. The fourth-order valence-corrected chi connectivity index (χ4v) is 5.42. The van der Waals surface area contributed by atoms with Gasteiger partial charge in [0.25, 0.3) is 10.0 Å². The van der Waals surface area contributed by atoms with Crippen molar-refractivity contribution in [2.45, 2.75) is 31.3 Å². The van der Waals surface area contributed by atoms with Gasteiger partial charge in [0, 0.05) is 19.5 Å². The van der Waals surface area contributed by atoms with Crippen LogP contribution in [0.5, 0.6) is 5.75 Å². The highest BCUT2D eigenvalue weighted by Gasteiger charge is 2.30. The zero-order valence-electron chi connectivity index (χ0n) is 19.0. The summed E-state index contributed by atoms with van der Waals surface area (Å²) < 4.78 is 39.0. The third kappa shape index (κ3) is 5.63. The Hall–Kier alpha value is -3.11. The van der Waals surface area contributed by atoms with Crippen LogP contribution in [0.4, 0.5) is 5.69 Å². The molecule has 3 rings (SSSR count). The highest BCUT2D eigenvalue weighted by molar-refractivity contribution is 7.92. The number of primary amides is 1. The average Bonchev–Trinajstić information content (AvgIpc) is 2.79. The fraction of sp³-hybridized carbons (Fsp3) is 0.391. The van der Waals surface area contributed by atoms with Crippen LogP contribution in [0.15, 0.2) is 47.4 Å². The van der Waals surface area contributed by atoms with Gasteiger partial charge in [0.05, 0.1) is 30.8 Å². The molecule has 10 heteroatoms. The van der Waals surface area contributed by atoms with Gasteiger partial charge in [-0.15, -0.1) is 0 Å². The first-order valence-electron chi connectivity index (χ1n) is 10.6. The second-order valence-corrected chi connectivity index (χ2v) is 9.73. The van der Waals surface area contributed by atoms with Crippen molar-refractivity contribution in [1.29, 1.82) is 0 Å². The zero-order chi connectivity index (χ0) is 24.2. The lowest BCUT2D eigenvalue weighted by Crippen LogP contribution is -2.51. The van der Waals surface area contributed by atoms with Crippen LogP contribution in [-0.2, 0) is 24.3 Å².